The number of carbonyl (C=O) groups is 2. The zero-order chi connectivity index (χ0) is 25.1. The average Bonchev–Trinajstić information content (AvgIpc) is 2.87. The fraction of sp³-hybridized carbons (Fsp3) is 0.269. The summed E-state index contributed by atoms with van der Waals surface area (Å²) in [5, 5.41) is 9.34. The van der Waals surface area contributed by atoms with Gasteiger partial charge in [-0.25, -0.2) is 9.18 Å². The van der Waals surface area contributed by atoms with Crippen molar-refractivity contribution < 1.29 is 23.8 Å². The van der Waals surface area contributed by atoms with Gasteiger partial charge < -0.3 is 24.2 Å². The summed E-state index contributed by atoms with van der Waals surface area (Å²) < 4.78 is 21.8. The highest BCUT2D eigenvalue weighted by atomic mass is 19.1. The Bertz CT molecular complexity index is 1360. The number of methoxy groups -OCH3 is 1. The van der Waals surface area contributed by atoms with E-state index in [1.807, 2.05) is 36.1 Å². The van der Waals surface area contributed by atoms with Crippen LogP contribution in [0.3, 0.4) is 0 Å². The van der Waals surface area contributed by atoms with Gasteiger partial charge in [-0.1, -0.05) is 12.1 Å². The van der Waals surface area contributed by atoms with Gasteiger partial charge in [0.1, 0.15) is 17.1 Å². The van der Waals surface area contributed by atoms with Crippen molar-refractivity contribution in [3.8, 4) is 5.75 Å². The molecule has 0 saturated carbocycles. The van der Waals surface area contributed by atoms with Crippen molar-refractivity contribution in [1.82, 2.24) is 9.47 Å². The maximum Gasteiger partial charge on any atom is 0.341 e. The van der Waals surface area contributed by atoms with E-state index in [9.17, 15) is 19.5 Å². The number of carbonyl (C=O) groups excluding carboxylic acids is 1. The van der Waals surface area contributed by atoms with Crippen molar-refractivity contribution in [2.24, 2.45) is 0 Å². The lowest BCUT2D eigenvalue weighted by Crippen LogP contribution is -2.48. The van der Waals surface area contributed by atoms with Gasteiger partial charge in [0.2, 0.25) is 11.3 Å². The molecule has 0 radical (unpaired) electrons. The molecule has 0 atom stereocenters. The summed E-state index contributed by atoms with van der Waals surface area (Å²) in [6.45, 7) is 3.93. The third kappa shape index (κ3) is 4.89. The summed E-state index contributed by atoms with van der Waals surface area (Å²) in [6, 6.07) is 10.1. The van der Waals surface area contributed by atoms with E-state index in [4.69, 9.17) is 4.74 Å². The molecule has 8 nitrogen and oxygen atoms in total. The number of benzene rings is 2. The Kier molecular flexibility index (Phi) is 6.86. The maximum absolute atomic E-state index is 15.0. The largest absolute Gasteiger partial charge is 0.497 e. The lowest BCUT2D eigenvalue weighted by atomic mass is 10.1. The van der Waals surface area contributed by atoms with E-state index in [1.54, 1.807) is 28.7 Å². The molecule has 0 spiro atoms. The quantitative estimate of drug-likeness (QED) is 0.546. The first kappa shape index (κ1) is 24.0. The molecule has 3 aromatic rings. The summed E-state index contributed by atoms with van der Waals surface area (Å²) in [6.07, 6.45) is 4.56. The highest BCUT2D eigenvalue weighted by molar-refractivity contribution is 5.94. The minimum atomic E-state index is -1.34. The van der Waals surface area contributed by atoms with Crippen molar-refractivity contribution in [3.05, 3.63) is 75.8 Å². The van der Waals surface area contributed by atoms with Crippen LogP contribution in [-0.2, 0) is 11.3 Å². The Morgan fingerprint density at radius 1 is 1.11 bits per heavy atom. The minimum absolute atomic E-state index is 0.0329. The summed E-state index contributed by atoms with van der Waals surface area (Å²) in [5.74, 6) is -1.33. The van der Waals surface area contributed by atoms with Crippen molar-refractivity contribution in [3.63, 3.8) is 0 Å². The molecule has 1 saturated heterocycles. The number of nitrogens with zero attached hydrogens (tertiary/aromatic N) is 3. The second-order valence-electron chi connectivity index (χ2n) is 8.20. The number of hydrogen-bond acceptors (Lipinski definition) is 5. The Labute approximate surface area is 201 Å². The molecule has 9 heteroatoms. The number of piperazine rings is 1. The number of aryl methyl sites for hydroxylation is 1. The molecular weight excluding hydrogens is 453 g/mol. The smallest absolute Gasteiger partial charge is 0.341 e. The van der Waals surface area contributed by atoms with Gasteiger partial charge in [-0.05, 0) is 42.8 Å². The fourth-order valence-electron chi connectivity index (χ4n) is 4.21. The van der Waals surface area contributed by atoms with Gasteiger partial charge >= 0.3 is 5.97 Å². The average molecular weight is 480 g/mol. The SMILES string of the molecule is CCn1cc(C(=O)O)c(=O)c2cc(F)c(N3CCN(C(=O)/C=C/c4ccc(OC)cc4)CC3)cc21. The normalized spacial score (nSPS) is 14.0. The zero-order valence-electron chi connectivity index (χ0n) is 19.5. The van der Waals surface area contributed by atoms with Crippen LogP contribution >= 0.6 is 0 Å². The molecule has 0 aliphatic carbocycles. The Hall–Kier alpha value is -4.14. The predicted octanol–water partition coefficient (Wildman–Crippen LogP) is 3.23. The number of carboxylic acids is 1. The van der Waals surface area contributed by atoms with E-state index in [-0.39, 0.29) is 16.9 Å². The molecule has 1 N–H and O–H groups in total. The van der Waals surface area contributed by atoms with Gasteiger partial charge in [0.25, 0.3) is 0 Å². The number of fused-ring (bicyclic) bond motifs is 1. The van der Waals surface area contributed by atoms with Gasteiger partial charge in [-0.2, -0.15) is 0 Å². The second-order valence-corrected chi connectivity index (χ2v) is 8.20. The van der Waals surface area contributed by atoms with Crippen LogP contribution in [0.15, 0.2) is 53.5 Å². The Balaban J connectivity index is 1.50. The summed E-state index contributed by atoms with van der Waals surface area (Å²) >= 11 is 0. The van der Waals surface area contributed by atoms with Crippen LogP contribution in [0.2, 0.25) is 0 Å². The molecule has 0 unspecified atom stereocenters. The molecule has 1 fully saturated rings. The third-order valence-electron chi connectivity index (χ3n) is 6.19. The zero-order valence-corrected chi connectivity index (χ0v) is 19.5. The van der Waals surface area contributed by atoms with Crippen molar-refractivity contribution in [2.45, 2.75) is 13.5 Å². The van der Waals surface area contributed by atoms with Gasteiger partial charge in [0.15, 0.2) is 0 Å². The number of rotatable bonds is 6. The third-order valence-corrected chi connectivity index (χ3v) is 6.19. The van der Waals surface area contributed by atoms with Crippen LogP contribution in [0.1, 0.15) is 22.8 Å². The van der Waals surface area contributed by atoms with Crippen molar-refractivity contribution in [2.75, 3.05) is 38.2 Å². The van der Waals surface area contributed by atoms with E-state index in [1.165, 1.54) is 12.3 Å². The number of anilines is 1. The summed E-state index contributed by atoms with van der Waals surface area (Å²) in [5.41, 5.74) is 0.579. The molecule has 4 rings (SSSR count). The van der Waals surface area contributed by atoms with Crippen LogP contribution in [0.5, 0.6) is 5.75 Å². The van der Waals surface area contributed by atoms with Crippen molar-refractivity contribution in [1.29, 1.82) is 0 Å². The summed E-state index contributed by atoms with van der Waals surface area (Å²) in [4.78, 5) is 40.1. The second kappa shape index (κ2) is 10.0. The number of amides is 1. The fourth-order valence-corrected chi connectivity index (χ4v) is 4.21. The van der Waals surface area contributed by atoms with Gasteiger partial charge in [0, 0.05) is 50.4 Å². The first-order valence-electron chi connectivity index (χ1n) is 11.3. The van der Waals surface area contributed by atoms with Crippen LogP contribution < -0.4 is 15.1 Å². The standard InChI is InChI=1S/C26H26FN3O5/c1-3-28-16-20(26(33)34)25(32)19-14-21(27)23(15-22(19)28)29-10-12-30(13-11-29)24(31)9-6-17-4-7-18(35-2)8-5-17/h4-9,14-16H,3,10-13H2,1-2H3,(H,33,34)/b9-6+. The Morgan fingerprint density at radius 3 is 2.40 bits per heavy atom. The van der Waals surface area contributed by atoms with E-state index >= 15 is 4.39 Å². The van der Waals surface area contributed by atoms with E-state index < -0.39 is 17.2 Å². The number of pyridine rings is 1. The number of aromatic carboxylic acids is 1. The number of halogens is 1. The molecule has 2 aromatic carbocycles. The number of aromatic nitrogens is 1. The molecule has 35 heavy (non-hydrogen) atoms. The van der Waals surface area contributed by atoms with E-state index in [0.717, 1.165) is 17.4 Å². The highest BCUT2D eigenvalue weighted by Crippen LogP contribution is 2.26. The summed E-state index contributed by atoms with van der Waals surface area (Å²) in [7, 11) is 1.59. The first-order chi connectivity index (χ1) is 16.8. The first-order valence-corrected chi connectivity index (χ1v) is 11.3. The van der Waals surface area contributed by atoms with Crippen LogP contribution in [-0.4, -0.2) is 59.7 Å². The van der Waals surface area contributed by atoms with Crippen molar-refractivity contribution >= 4 is 34.5 Å². The van der Waals surface area contributed by atoms with E-state index in [0.29, 0.717) is 43.9 Å². The minimum Gasteiger partial charge on any atom is -0.497 e. The van der Waals surface area contributed by atoms with Crippen LogP contribution in [0.25, 0.3) is 17.0 Å². The number of hydrogen-bond donors (Lipinski definition) is 1. The monoisotopic (exact) mass is 479 g/mol. The van der Waals surface area contributed by atoms with Gasteiger partial charge in [-0.3, -0.25) is 9.59 Å². The Morgan fingerprint density at radius 2 is 1.80 bits per heavy atom. The van der Waals surface area contributed by atoms with Crippen LogP contribution in [0.4, 0.5) is 10.1 Å². The van der Waals surface area contributed by atoms with Crippen LogP contribution in [0, 0.1) is 5.82 Å². The number of carboxylic acid groups (broad SMARTS) is 1. The molecular formula is C26H26FN3O5. The topological polar surface area (TPSA) is 92.1 Å². The maximum atomic E-state index is 15.0. The predicted molar refractivity (Wildman–Crippen MR) is 132 cm³/mol. The van der Waals surface area contributed by atoms with Gasteiger partial charge in [-0.15, -0.1) is 0 Å². The molecule has 2 heterocycles. The highest BCUT2D eigenvalue weighted by Gasteiger charge is 2.23. The molecule has 1 aliphatic heterocycles. The number of ether oxygens (including phenoxy) is 1. The molecule has 182 valence electrons. The lowest BCUT2D eigenvalue weighted by Gasteiger charge is -2.36. The molecule has 0 bridgehead atoms. The molecule has 1 amide bonds. The molecule has 1 aliphatic rings. The van der Waals surface area contributed by atoms with Gasteiger partial charge in [0.05, 0.1) is 18.3 Å². The van der Waals surface area contributed by atoms with E-state index in [2.05, 4.69) is 0 Å². The lowest BCUT2D eigenvalue weighted by molar-refractivity contribution is -0.126. The molecule has 1 aromatic heterocycles.